The van der Waals surface area contributed by atoms with E-state index in [4.69, 9.17) is 9.47 Å². The highest BCUT2D eigenvalue weighted by atomic mass is 16.5. The molecule has 106 valence electrons. The Morgan fingerprint density at radius 2 is 1.68 bits per heavy atom. The quantitative estimate of drug-likeness (QED) is 0.880. The van der Waals surface area contributed by atoms with Gasteiger partial charge < -0.3 is 14.8 Å². The van der Waals surface area contributed by atoms with Gasteiger partial charge in [-0.15, -0.1) is 0 Å². The van der Waals surface area contributed by atoms with Crippen LogP contribution >= 0.6 is 0 Å². The maximum Gasteiger partial charge on any atom is 0.122 e. The molecule has 0 bridgehead atoms. The average Bonchev–Trinajstić information content (AvgIpc) is 2.47. The van der Waals surface area contributed by atoms with Crippen LogP contribution in [0.1, 0.15) is 18.4 Å². The third-order valence-electron chi connectivity index (χ3n) is 3.81. The molecule has 0 saturated carbocycles. The average molecular weight is 264 g/mol. The van der Waals surface area contributed by atoms with Crippen LogP contribution in [-0.4, -0.2) is 45.3 Å². The lowest BCUT2D eigenvalue weighted by molar-refractivity contribution is 0.194. The number of hydrogen-bond donors (Lipinski definition) is 1. The normalized spacial score (nSPS) is 17.4. The molecule has 0 aromatic heterocycles. The SMILES string of the molecule is CNC1CCN(Cc2cc(OC)cc(OC)c2)CC1. The van der Waals surface area contributed by atoms with Gasteiger partial charge in [-0.2, -0.15) is 0 Å². The number of nitrogens with one attached hydrogen (secondary N) is 1. The van der Waals surface area contributed by atoms with E-state index in [0.29, 0.717) is 6.04 Å². The van der Waals surface area contributed by atoms with Crippen LogP contribution in [0.2, 0.25) is 0 Å². The van der Waals surface area contributed by atoms with E-state index in [1.165, 1.54) is 18.4 Å². The molecule has 19 heavy (non-hydrogen) atoms. The van der Waals surface area contributed by atoms with Crippen LogP contribution in [0.15, 0.2) is 18.2 Å². The summed E-state index contributed by atoms with van der Waals surface area (Å²) in [6, 6.07) is 6.77. The van der Waals surface area contributed by atoms with E-state index in [2.05, 4.69) is 22.3 Å². The minimum atomic E-state index is 0.677. The van der Waals surface area contributed by atoms with Crippen molar-refractivity contribution in [3.63, 3.8) is 0 Å². The summed E-state index contributed by atoms with van der Waals surface area (Å²) in [6.45, 7) is 3.25. The van der Waals surface area contributed by atoms with Gasteiger partial charge in [0.15, 0.2) is 0 Å². The van der Waals surface area contributed by atoms with Crippen molar-refractivity contribution in [2.24, 2.45) is 0 Å². The van der Waals surface area contributed by atoms with Gasteiger partial charge in [-0.25, -0.2) is 0 Å². The van der Waals surface area contributed by atoms with Crippen molar-refractivity contribution >= 4 is 0 Å². The van der Waals surface area contributed by atoms with Crippen LogP contribution in [0.4, 0.5) is 0 Å². The predicted octanol–water partition coefficient (Wildman–Crippen LogP) is 1.89. The van der Waals surface area contributed by atoms with Gasteiger partial charge in [-0.1, -0.05) is 0 Å². The molecule has 1 N–H and O–H groups in total. The minimum Gasteiger partial charge on any atom is -0.497 e. The lowest BCUT2D eigenvalue weighted by Crippen LogP contribution is -2.40. The van der Waals surface area contributed by atoms with Gasteiger partial charge in [0.05, 0.1) is 14.2 Å². The van der Waals surface area contributed by atoms with Gasteiger partial charge in [0, 0.05) is 18.7 Å². The molecule has 0 spiro atoms. The van der Waals surface area contributed by atoms with E-state index in [9.17, 15) is 0 Å². The molecule has 1 aromatic rings. The number of likely N-dealkylation sites (tertiary alicyclic amines) is 1. The molecule has 1 saturated heterocycles. The standard InChI is InChI=1S/C15H24N2O2/c1-16-13-4-6-17(7-5-13)11-12-8-14(18-2)10-15(9-12)19-3/h8-10,13,16H,4-7,11H2,1-3H3. The zero-order chi connectivity index (χ0) is 13.7. The molecule has 1 aliphatic rings. The first-order valence-electron chi connectivity index (χ1n) is 6.86. The Morgan fingerprint density at radius 1 is 1.11 bits per heavy atom. The first-order chi connectivity index (χ1) is 9.25. The van der Waals surface area contributed by atoms with Gasteiger partial charge >= 0.3 is 0 Å². The monoisotopic (exact) mass is 264 g/mol. The number of ether oxygens (including phenoxy) is 2. The van der Waals surface area contributed by atoms with Gasteiger partial charge in [-0.05, 0) is 50.7 Å². The minimum absolute atomic E-state index is 0.677. The van der Waals surface area contributed by atoms with Gasteiger partial charge in [0.1, 0.15) is 11.5 Å². The molecule has 2 rings (SSSR count). The van der Waals surface area contributed by atoms with E-state index >= 15 is 0 Å². The summed E-state index contributed by atoms with van der Waals surface area (Å²) in [6.07, 6.45) is 2.44. The number of piperidine rings is 1. The van der Waals surface area contributed by atoms with Crippen LogP contribution in [0.5, 0.6) is 11.5 Å². The fourth-order valence-electron chi connectivity index (χ4n) is 2.60. The highest BCUT2D eigenvalue weighted by molar-refractivity contribution is 5.38. The molecule has 0 amide bonds. The molecule has 0 radical (unpaired) electrons. The molecular weight excluding hydrogens is 240 g/mol. The lowest BCUT2D eigenvalue weighted by Gasteiger charge is -2.31. The molecule has 1 heterocycles. The predicted molar refractivity (Wildman–Crippen MR) is 76.9 cm³/mol. The van der Waals surface area contributed by atoms with E-state index in [1.807, 2.05) is 13.1 Å². The van der Waals surface area contributed by atoms with Crippen molar-refractivity contribution in [1.82, 2.24) is 10.2 Å². The second-order valence-corrected chi connectivity index (χ2v) is 5.06. The molecule has 0 aliphatic carbocycles. The van der Waals surface area contributed by atoms with E-state index in [-0.39, 0.29) is 0 Å². The fourth-order valence-corrected chi connectivity index (χ4v) is 2.60. The highest BCUT2D eigenvalue weighted by Crippen LogP contribution is 2.24. The first-order valence-corrected chi connectivity index (χ1v) is 6.86. The molecule has 4 heteroatoms. The number of hydrogen-bond acceptors (Lipinski definition) is 4. The van der Waals surface area contributed by atoms with E-state index < -0.39 is 0 Å². The number of methoxy groups -OCH3 is 2. The second kappa shape index (κ2) is 6.78. The summed E-state index contributed by atoms with van der Waals surface area (Å²) < 4.78 is 10.6. The van der Waals surface area contributed by atoms with Gasteiger partial charge in [0.25, 0.3) is 0 Å². The third-order valence-corrected chi connectivity index (χ3v) is 3.81. The number of nitrogens with zero attached hydrogens (tertiary/aromatic N) is 1. The van der Waals surface area contributed by atoms with Crippen molar-refractivity contribution in [2.45, 2.75) is 25.4 Å². The summed E-state index contributed by atoms with van der Waals surface area (Å²) in [5.74, 6) is 1.72. The maximum atomic E-state index is 5.31. The van der Waals surface area contributed by atoms with Crippen molar-refractivity contribution in [3.05, 3.63) is 23.8 Å². The van der Waals surface area contributed by atoms with Crippen molar-refractivity contribution in [2.75, 3.05) is 34.4 Å². The molecule has 0 unspecified atom stereocenters. The van der Waals surface area contributed by atoms with Gasteiger partial charge in [0.2, 0.25) is 0 Å². The zero-order valence-corrected chi connectivity index (χ0v) is 12.1. The van der Waals surface area contributed by atoms with Crippen molar-refractivity contribution < 1.29 is 9.47 Å². The Bertz CT molecular complexity index is 379. The lowest BCUT2D eigenvalue weighted by atomic mass is 10.0. The van der Waals surface area contributed by atoms with Crippen LogP contribution in [0, 0.1) is 0 Å². The molecule has 4 nitrogen and oxygen atoms in total. The van der Waals surface area contributed by atoms with Crippen LogP contribution in [-0.2, 0) is 6.54 Å². The summed E-state index contributed by atoms with van der Waals surface area (Å²) in [4.78, 5) is 2.49. The first kappa shape index (κ1) is 14.2. The van der Waals surface area contributed by atoms with E-state index in [0.717, 1.165) is 31.1 Å². The largest absolute Gasteiger partial charge is 0.497 e. The summed E-state index contributed by atoms with van der Waals surface area (Å²) >= 11 is 0. The van der Waals surface area contributed by atoms with Crippen molar-refractivity contribution in [1.29, 1.82) is 0 Å². The number of rotatable bonds is 5. The molecule has 1 fully saturated rings. The topological polar surface area (TPSA) is 33.7 Å². The third kappa shape index (κ3) is 3.85. The van der Waals surface area contributed by atoms with Crippen LogP contribution in [0.25, 0.3) is 0 Å². The summed E-state index contributed by atoms with van der Waals surface area (Å²) in [5, 5.41) is 3.36. The Balaban J connectivity index is 1.99. The Kier molecular flexibility index (Phi) is 5.05. The van der Waals surface area contributed by atoms with Crippen LogP contribution < -0.4 is 14.8 Å². The highest BCUT2D eigenvalue weighted by Gasteiger charge is 2.18. The van der Waals surface area contributed by atoms with Crippen LogP contribution in [0.3, 0.4) is 0 Å². The summed E-state index contributed by atoms with van der Waals surface area (Å²) in [5.41, 5.74) is 1.25. The van der Waals surface area contributed by atoms with E-state index in [1.54, 1.807) is 14.2 Å². The fraction of sp³-hybridized carbons (Fsp3) is 0.600. The Morgan fingerprint density at radius 3 is 2.16 bits per heavy atom. The number of benzene rings is 1. The Labute approximate surface area is 115 Å². The smallest absolute Gasteiger partial charge is 0.122 e. The zero-order valence-electron chi connectivity index (χ0n) is 12.1. The molecule has 1 aliphatic heterocycles. The molecule has 0 atom stereocenters. The molecular formula is C15H24N2O2. The second-order valence-electron chi connectivity index (χ2n) is 5.06. The molecule has 1 aromatic carbocycles. The van der Waals surface area contributed by atoms with Gasteiger partial charge in [-0.3, -0.25) is 4.90 Å². The van der Waals surface area contributed by atoms with Crippen molar-refractivity contribution in [3.8, 4) is 11.5 Å². The Hall–Kier alpha value is -1.26. The maximum absolute atomic E-state index is 5.31. The summed E-state index contributed by atoms with van der Waals surface area (Å²) in [7, 11) is 5.43.